The molecule has 5 nitrogen and oxygen atoms in total. The fraction of sp³-hybridized carbons (Fsp3) is 0.364. The van der Waals surface area contributed by atoms with E-state index in [1.165, 1.54) is 11.1 Å². The smallest absolute Gasteiger partial charge is 0.159 e. The number of nitrogens with zero attached hydrogens (tertiary/aromatic N) is 4. The highest BCUT2D eigenvalue weighted by molar-refractivity contribution is 5.43. The number of tetrazole rings is 1. The van der Waals surface area contributed by atoms with E-state index in [0.717, 1.165) is 12.2 Å². The quantitative estimate of drug-likeness (QED) is 0.800. The summed E-state index contributed by atoms with van der Waals surface area (Å²) in [6.45, 7) is 1.24. The van der Waals surface area contributed by atoms with Crippen LogP contribution < -0.4 is 5.73 Å². The SMILES string of the molecule is NCCn1nnnc1C1Cc2ccccc21. The van der Waals surface area contributed by atoms with Crippen LogP contribution in [-0.4, -0.2) is 26.8 Å². The van der Waals surface area contributed by atoms with Crippen molar-refractivity contribution in [3.05, 3.63) is 41.2 Å². The van der Waals surface area contributed by atoms with Crippen molar-refractivity contribution in [2.45, 2.75) is 18.9 Å². The number of benzene rings is 1. The molecule has 1 atom stereocenters. The van der Waals surface area contributed by atoms with E-state index in [1.807, 2.05) is 0 Å². The summed E-state index contributed by atoms with van der Waals surface area (Å²) >= 11 is 0. The van der Waals surface area contributed by atoms with Crippen LogP contribution >= 0.6 is 0 Å². The third kappa shape index (κ3) is 1.32. The van der Waals surface area contributed by atoms with Gasteiger partial charge in [-0.2, -0.15) is 0 Å². The van der Waals surface area contributed by atoms with Gasteiger partial charge in [0.1, 0.15) is 0 Å². The first-order valence-electron chi connectivity index (χ1n) is 5.44. The molecule has 3 rings (SSSR count). The molecule has 1 aromatic heterocycles. The molecule has 0 bridgehead atoms. The summed E-state index contributed by atoms with van der Waals surface area (Å²) in [4.78, 5) is 0. The lowest BCUT2D eigenvalue weighted by molar-refractivity contribution is 0.536. The molecule has 5 heteroatoms. The molecule has 1 aliphatic carbocycles. The molecule has 0 fully saturated rings. The monoisotopic (exact) mass is 215 g/mol. The molecule has 1 aliphatic rings. The molecule has 0 radical (unpaired) electrons. The minimum absolute atomic E-state index is 0.345. The molecule has 0 spiro atoms. The van der Waals surface area contributed by atoms with E-state index in [2.05, 4.69) is 39.8 Å². The second-order valence-electron chi connectivity index (χ2n) is 4.00. The highest BCUT2D eigenvalue weighted by Gasteiger charge is 2.31. The molecule has 1 aromatic carbocycles. The Bertz CT molecular complexity index is 505. The summed E-state index contributed by atoms with van der Waals surface area (Å²) < 4.78 is 1.81. The zero-order chi connectivity index (χ0) is 11.0. The van der Waals surface area contributed by atoms with Crippen LogP contribution in [0.5, 0.6) is 0 Å². The first kappa shape index (κ1) is 9.47. The van der Waals surface area contributed by atoms with Crippen LogP contribution in [0.3, 0.4) is 0 Å². The summed E-state index contributed by atoms with van der Waals surface area (Å²) in [5.74, 6) is 1.28. The van der Waals surface area contributed by atoms with Crippen LogP contribution in [0.4, 0.5) is 0 Å². The molecule has 1 unspecified atom stereocenters. The zero-order valence-electron chi connectivity index (χ0n) is 8.87. The van der Waals surface area contributed by atoms with Crippen molar-refractivity contribution in [3.63, 3.8) is 0 Å². The molecule has 1 heterocycles. The number of aromatic nitrogens is 4. The van der Waals surface area contributed by atoms with Gasteiger partial charge in [-0.25, -0.2) is 4.68 Å². The number of hydrogen-bond donors (Lipinski definition) is 1. The Labute approximate surface area is 93.3 Å². The van der Waals surface area contributed by atoms with Crippen molar-refractivity contribution in [3.8, 4) is 0 Å². The topological polar surface area (TPSA) is 69.6 Å². The van der Waals surface area contributed by atoms with Gasteiger partial charge in [-0.3, -0.25) is 0 Å². The lowest BCUT2D eigenvalue weighted by Gasteiger charge is -2.28. The van der Waals surface area contributed by atoms with Crippen LogP contribution in [-0.2, 0) is 13.0 Å². The van der Waals surface area contributed by atoms with Gasteiger partial charge in [0, 0.05) is 6.54 Å². The summed E-state index contributed by atoms with van der Waals surface area (Å²) in [7, 11) is 0. The number of fused-ring (bicyclic) bond motifs is 1. The van der Waals surface area contributed by atoms with Gasteiger partial charge >= 0.3 is 0 Å². The van der Waals surface area contributed by atoms with Gasteiger partial charge in [0.2, 0.25) is 0 Å². The minimum Gasteiger partial charge on any atom is -0.329 e. The highest BCUT2D eigenvalue weighted by atomic mass is 15.5. The van der Waals surface area contributed by atoms with Crippen molar-refractivity contribution in [2.75, 3.05) is 6.54 Å². The Morgan fingerprint density at radius 2 is 2.25 bits per heavy atom. The van der Waals surface area contributed by atoms with Crippen molar-refractivity contribution in [1.29, 1.82) is 0 Å². The second kappa shape index (κ2) is 3.68. The third-order valence-corrected chi connectivity index (χ3v) is 3.07. The Balaban J connectivity index is 1.93. The molecule has 2 N–H and O–H groups in total. The maximum absolute atomic E-state index is 5.53. The molecule has 2 aromatic rings. The highest BCUT2D eigenvalue weighted by Crippen LogP contribution is 2.38. The van der Waals surface area contributed by atoms with E-state index in [4.69, 9.17) is 5.73 Å². The first-order chi connectivity index (χ1) is 7.90. The molecule has 16 heavy (non-hydrogen) atoms. The number of nitrogens with two attached hydrogens (primary N) is 1. The predicted octanol–water partition coefficient (Wildman–Crippen LogP) is 0.320. The summed E-state index contributed by atoms with van der Waals surface area (Å²) in [6.07, 6.45) is 1.03. The average Bonchev–Trinajstić information content (AvgIpc) is 2.69. The third-order valence-electron chi connectivity index (χ3n) is 3.07. The summed E-state index contributed by atoms with van der Waals surface area (Å²) in [5, 5.41) is 11.8. The second-order valence-corrected chi connectivity index (χ2v) is 4.00. The van der Waals surface area contributed by atoms with E-state index >= 15 is 0 Å². The van der Waals surface area contributed by atoms with E-state index in [1.54, 1.807) is 4.68 Å². The van der Waals surface area contributed by atoms with Crippen LogP contribution in [0.2, 0.25) is 0 Å². The molecular weight excluding hydrogens is 202 g/mol. The van der Waals surface area contributed by atoms with Gasteiger partial charge in [0.05, 0.1) is 12.5 Å². The molecule has 0 aliphatic heterocycles. The minimum atomic E-state index is 0.345. The Morgan fingerprint density at radius 3 is 3.06 bits per heavy atom. The standard InChI is InChI=1S/C11H13N5/c12-5-6-16-11(13-14-15-16)10-7-8-3-1-2-4-9(8)10/h1-4,10H,5-7,12H2. The molecule has 0 saturated heterocycles. The Kier molecular flexibility index (Phi) is 2.18. The molecule has 0 saturated carbocycles. The molecular formula is C11H13N5. The predicted molar refractivity (Wildman–Crippen MR) is 58.9 cm³/mol. The lowest BCUT2D eigenvalue weighted by Crippen LogP contribution is -2.24. The van der Waals surface area contributed by atoms with Gasteiger partial charge in [0.25, 0.3) is 0 Å². The van der Waals surface area contributed by atoms with Gasteiger partial charge in [-0.05, 0) is 28.0 Å². The molecule has 82 valence electrons. The van der Waals surface area contributed by atoms with Crippen LogP contribution in [0.15, 0.2) is 24.3 Å². The number of hydrogen-bond acceptors (Lipinski definition) is 4. The van der Waals surface area contributed by atoms with E-state index in [9.17, 15) is 0 Å². The summed E-state index contributed by atoms with van der Waals surface area (Å²) in [5.41, 5.74) is 8.27. The normalized spacial score (nSPS) is 17.9. The largest absolute Gasteiger partial charge is 0.329 e. The van der Waals surface area contributed by atoms with Crippen molar-refractivity contribution >= 4 is 0 Å². The fourth-order valence-corrected chi connectivity index (χ4v) is 2.23. The zero-order valence-corrected chi connectivity index (χ0v) is 8.87. The maximum Gasteiger partial charge on any atom is 0.159 e. The first-order valence-corrected chi connectivity index (χ1v) is 5.44. The van der Waals surface area contributed by atoms with E-state index in [0.29, 0.717) is 19.0 Å². The van der Waals surface area contributed by atoms with Crippen LogP contribution in [0.1, 0.15) is 22.9 Å². The average molecular weight is 215 g/mol. The Hall–Kier alpha value is -1.75. The van der Waals surface area contributed by atoms with Gasteiger partial charge < -0.3 is 5.73 Å². The van der Waals surface area contributed by atoms with Gasteiger partial charge in [-0.1, -0.05) is 24.3 Å². The van der Waals surface area contributed by atoms with Crippen LogP contribution in [0, 0.1) is 0 Å². The molecule has 0 amide bonds. The number of rotatable bonds is 3. The van der Waals surface area contributed by atoms with Gasteiger partial charge in [-0.15, -0.1) is 5.10 Å². The van der Waals surface area contributed by atoms with Crippen LogP contribution in [0.25, 0.3) is 0 Å². The van der Waals surface area contributed by atoms with Gasteiger partial charge in [0.15, 0.2) is 5.82 Å². The van der Waals surface area contributed by atoms with Crippen molar-refractivity contribution < 1.29 is 0 Å². The van der Waals surface area contributed by atoms with E-state index < -0.39 is 0 Å². The lowest BCUT2D eigenvalue weighted by atomic mass is 9.77. The fourth-order valence-electron chi connectivity index (χ4n) is 2.23. The maximum atomic E-state index is 5.53. The van der Waals surface area contributed by atoms with E-state index in [-0.39, 0.29) is 0 Å². The Morgan fingerprint density at radius 1 is 1.38 bits per heavy atom. The van der Waals surface area contributed by atoms with Crippen molar-refractivity contribution in [2.24, 2.45) is 5.73 Å². The van der Waals surface area contributed by atoms with Crippen molar-refractivity contribution in [1.82, 2.24) is 20.2 Å². The summed E-state index contributed by atoms with van der Waals surface area (Å²) in [6, 6.07) is 8.42.